The molecule has 0 aliphatic rings. The van der Waals surface area contributed by atoms with Gasteiger partial charge in [-0.2, -0.15) is 0 Å². The molecule has 0 aliphatic carbocycles. The molecule has 0 amide bonds. The van der Waals surface area contributed by atoms with Crippen molar-refractivity contribution in [3.8, 4) is 28.7 Å². The summed E-state index contributed by atoms with van der Waals surface area (Å²) in [7, 11) is 0. The summed E-state index contributed by atoms with van der Waals surface area (Å²) in [6, 6.07) is 11.8. The predicted molar refractivity (Wildman–Crippen MR) is 124 cm³/mol. The van der Waals surface area contributed by atoms with Crippen molar-refractivity contribution >= 4 is 31.9 Å². The quantitative estimate of drug-likeness (QED) is 0.254. The fraction of sp³-hybridized carbons (Fsp3) is 0.391. The topological polar surface area (TPSA) is 48.2 Å². The predicted octanol–water partition coefficient (Wildman–Crippen LogP) is 7.98. The Balaban J connectivity index is 1.58. The molecule has 0 saturated carbocycles. The Bertz CT molecular complexity index is 923. The Morgan fingerprint density at radius 2 is 1.55 bits per heavy atom. The maximum absolute atomic E-state index is 5.90. The third-order valence-corrected chi connectivity index (χ3v) is 6.28. The zero-order chi connectivity index (χ0) is 20.6. The highest BCUT2D eigenvalue weighted by Gasteiger charge is 2.14. The molecule has 154 valence electrons. The molecule has 0 spiro atoms. The molecule has 2 aromatic carbocycles. The molecule has 1 aromatic heterocycles. The summed E-state index contributed by atoms with van der Waals surface area (Å²) in [4.78, 5) is 0. The van der Waals surface area contributed by atoms with E-state index in [1.54, 1.807) is 0 Å². The van der Waals surface area contributed by atoms with Crippen LogP contribution in [0.25, 0.3) is 22.9 Å². The minimum absolute atomic E-state index is 0.482. The number of unbranched alkanes of at least 4 members (excludes halogenated alkanes) is 5. The van der Waals surface area contributed by atoms with Gasteiger partial charge in [0.2, 0.25) is 11.8 Å². The van der Waals surface area contributed by atoms with Crippen molar-refractivity contribution in [1.82, 2.24) is 10.2 Å². The van der Waals surface area contributed by atoms with Gasteiger partial charge in [-0.1, -0.05) is 55.0 Å². The summed E-state index contributed by atoms with van der Waals surface area (Å²) >= 11 is 7.13. The standard InChI is InChI=1S/C23H26Br2N2O2/c1-3-4-5-6-7-8-13-28-18-11-9-17(10-12-18)22-26-27-23(29-22)19-15-20(24)16(2)14-21(19)25/h9-12,14-15H,3-8,13H2,1-2H3. The number of aromatic nitrogens is 2. The van der Waals surface area contributed by atoms with Crippen LogP contribution in [0, 0.1) is 6.92 Å². The second kappa shape index (κ2) is 10.9. The second-order valence-electron chi connectivity index (χ2n) is 7.13. The molecule has 0 N–H and O–H groups in total. The maximum Gasteiger partial charge on any atom is 0.249 e. The van der Waals surface area contributed by atoms with Gasteiger partial charge in [-0.25, -0.2) is 0 Å². The van der Waals surface area contributed by atoms with Crippen molar-refractivity contribution in [2.45, 2.75) is 52.4 Å². The maximum atomic E-state index is 5.90. The van der Waals surface area contributed by atoms with Crippen molar-refractivity contribution < 1.29 is 9.15 Å². The Kier molecular flexibility index (Phi) is 8.30. The van der Waals surface area contributed by atoms with Gasteiger partial charge in [0, 0.05) is 14.5 Å². The number of hydrogen-bond acceptors (Lipinski definition) is 4. The van der Waals surface area contributed by atoms with Gasteiger partial charge in [-0.15, -0.1) is 10.2 Å². The van der Waals surface area contributed by atoms with E-state index >= 15 is 0 Å². The Morgan fingerprint density at radius 1 is 0.862 bits per heavy atom. The van der Waals surface area contributed by atoms with Crippen molar-refractivity contribution in [2.75, 3.05) is 6.61 Å². The van der Waals surface area contributed by atoms with Gasteiger partial charge in [-0.3, -0.25) is 0 Å². The summed E-state index contributed by atoms with van der Waals surface area (Å²) < 4.78 is 13.7. The highest BCUT2D eigenvalue weighted by Crippen LogP contribution is 2.34. The van der Waals surface area contributed by atoms with Crippen LogP contribution in [0.5, 0.6) is 5.75 Å². The van der Waals surface area contributed by atoms with Crippen LogP contribution in [0.1, 0.15) is 51.0 Å². The van der Waals surface area contributed by atoms with Gasteiger partial charge in [0.05, 0.1) is 12.2 Å². The normalized spacial score (nSPS) is 11.0. The number of rotatable bonds is 10. The SMILES string of the molecule is CCCCCCCCOc1ccc(-c2nnc(-c3cc(Br)c(C)cc3Br)o2)cc1. The summed E-state index contributed by atoms with van der Waals surface area (Å²) in [6.45, 7) is 5.03. The number of benzene rings is 2. The van der Waals surface area contributed by atoms with Crippen molar-refractivity contribution in [1.29, 1.82) is 0 Å². The van der Waals surface area contributed by atoms with Crippen molar-refractivity contribution in [2.24, 2.45) is 0 Å². The summed E-state index contributed by atoms with van der Waals surface area (Å²) in [5, 5.41) is 8.41. The Morgan fingerprint density at radius 3 is 2.31 bits per heavy atom. The molecule has 0 radical (unpaired) electrons. The van der Waals surface area contributed by atoms with Gasteiger partial charge in [-0.05, 0) is 71.2 Å². The zero-order valence-corrected chi connectivity index (χ0v) is 20.1. The number of hydrogen-bond donors (Lipinski definition) is 0. The van der Waals surface area contributed by atoms with E-state index in [1.807, 2.05) is 43.3 Å². The molecular formula is C23H26Br2N2O2. The van der Waals surface area contributed by atoms with E-state index < -0.39 is 0 Å². The van der Waals surface area contributed by atoms with Gasteiger partial charge < -0.3 is 9.15 Å². The number of halogens is 2. The van der Waals surface area contributed by atoms with Crippen molar-refractivity contribution in [3.05, 3.63) is 50.9 Å². The molecule has 1 heterocycles. The molecule has 0 saturated heterocycles. The smallest absolute Gasteiger partial charge is 0.249 e. The van der Waals surface area contributed by atoms with Crippen LogP contribution in [0.4, 0.5) is 0 Å². The molecule has 3 rings (SSSR count). The summed E-state index contributed by atoms with van der Waals surface area (Å²) in [5.74, 6) is 1.84. The third kappa shape index (κ3) is 6.16. The fourth-order valence-corrected chi connectivity index (χ4v) is 4.00. The second-order valence-corrected chi connectivity index (χ2v) is 8.84. The highest BCUT2D eigenvalue weighted by atomic mass is 79.9. The van der Waals surface area contributed by atoms with E-state index in [1.165, 1.54) is 32.1 Å². The molecule has 0 aliphatic heterocycles. The molecule has 3 aromatic rings. The summed E-state index contributed by atoms with van der Waals surface area (Å²) in [5.41, 5.74) is 2.87. The molecule has 0 atom stereocenters. The van der Waals surface area contributed by atoms with E-state index in [2.05, 4.69) is 49.0 Å². The van der Waals surface area contributed by atoms with E-state index in [-0.39, 0.29) is 0 Å². The highest BCUT2D eigenvalue weighted by molar-refractivity contribution is 9.11. The van der Waals surface area contributed by atoms with Gasteiger partial charge in [0.25, 0.3) is 0 Å². The Hall–Kier alpha value is -1.66. The lowest BCUT2D eigenvalue weighted by atomic mass is 10.1. The van der Waals surface area contributed by atoms with Crippen molar-refractivity contribution in [3.63, 3.8) is 0 Å². The first-order valence-corrected chi connectivity index (χ1v) is 11.7. The van der Waals surface area contributed by atoms with Crippen LogP contribution in [0.2, 0.25) is 0 Å². The van der Waals surface area contributed by atoms with Crippen LogP contribution in [-0.4, -0.2) is 16.8 Å². The first-order chi connectivity index (χ1) is 14.1. The third-order valence-electron chi connectivity index (χ3n) is 4.77. The molecule has 29 heavy (non-hydrogen) atoms. The molecule has 0 fully saturated rings. The average molecular weight is 522 g/mol. The van der Waals surface area contributed by atoms with E-state index in [0.717, 1.165) is 44.4 Å². The zero-order valence-electron chi connectivity index (χ0n) is 16.9. The molecule has 6 heteroatoms. The fourth-order valence-electron chi connectivity index (χ4n) is 3.03. The Labute approximate surface area is 189 Å². The van der Waals surface area contributed by atoms with Crippen LogP contribution in [0.15, 0.2) is 49.8 Å². The lowest BCUT2D eigenvalue weighted by Gasteiger charge is -2.06. The van der Waals surface area contributed by atoms with Crippen LogP contribution < -0.4 is 4.74 Å². The monoisotopic (exact) mass is 520 g/mol. The number of aryl methyl sites for hydroxylation is 1. The van der Waals surface area contributed by atoms with Crippen LogP contribution in [-0.2, 0) is 0 Å². The summed E-state index contributed by atoms with van der Waals surface area (Å²) in [6.07, 6.45) is 7.56. The lowest BCUT2D eigenvalue weighted by molar-refractivity contribution is 0.304. The molecule has 0 bridgehead atoms. The minimum atomic E-state index is 0.482. The first kappa shape index (κ1) is 22.0. The first-order valence-electron chi connectivity index (χ1n) is 10.1. The lowest BCUT2D eigenvalue weighted by Crippen LogP contribution is -1.97. The number of nitrogens with zero attached hydrogens (tertiary/aromatic N) is 2. The molecular weight excluding hydrogens is 496 g/mol. The van der Waals surface area contributed by atoms with E-state index in [4.69, 9.17) is 9.15 Å². The number of ether oxygens (including phenoxy) is 1. The minimum Gasteiger partial charge on any atom is -0.494 e. The average Bonchev–Trinajstić information content (AvgIpc) is 3.20. The molecule has 4 nitrogen and oxygen atoms in total. The molecule has 0 unspecified atom stereocenters. The largest absolute Gasteiger partial charge is 0.494 e. The van der Waals surface area contributed by atoms with E-state index in [9.17, 15) is 0 Å². The van der Waals surface area contributed by atoms with Gasteiger partial charge >= 0.3 is 0 Å². The van der Waals surface area contributed by atoms with E-state index in [0.29, 0.717) is 11.8 Å². The van der Waals surface area contributed by atoms with Crippen LogP contribution in [0.3, 0.4) is 0 Å². The van der Waals surface area contributed by atoms with Gasteiger partial charge in [0.1, 0.15) is 5.75 Å². The van der Waals surface area contributed by atoms with Crippen LogP contribution >= 0.6 is 31.9 Å². The van der Waals surface area contributed by atoms with Gasteiger partial charge in [0.15, 0.2) is 0 Å².